The van der Waals surface area contributed by atoms with Crippen LogP contribution in [0.15, 0.2) is 59.7 Å². The Morgan fingerprint density at radius 2 is 1.68 bits per heavy atom. The van der Waals surface area contributed by atoms with E-state index in [9.17, 15) is 4.79 Å². The van der Waals surface area contributed by atoms with Crippen LogP contribution in [0.2, 0.25) is 0 Å². The first kappa shape index (κ1) is 15.9. The third kappa shape index (κ3) is 4.53. The molecule has 0 saturated carbocycles. The van der Waals surface area contributed by atoms with Crippen LogP contribution >= 0.6 is 0 Å². The van der Waals surface area contributed by atoms with Gasteiger partial charge >= 0.3 is 0 Å². The minimum atomic E-state index is -0.248. The second kappa shape index (κ2) is 8.10. The summed E-state index contributed by atoms with van der Waals surface area (Å²) in [5.74, 6) is -0.248. The molecule has 0 spiro atoms. The molecule has 1 amide bonds. The fourth-order valence-electron chi connectivity index (χ4n) is 1.97. The van der Waals surface area contributed by atoms with Gasteiger partial charge in [-0.2, -0.15) is 5.10 Å². The van der Waals surface area contributed by atoms with Gasteiger partial charge in [-0.15, -0.1) is 0 Å². The Kier molecular flexibility index (Phi) is 5.86. The molecule has 0 fully saturated rings. The highest BCUT2D eigenvalue weighted by atomic mass is 16.5. The molecule has 0 aliphatic carbocycles. The molecule has 4 nitrogen and oxygen atoms in total. The molecule has 1 N–H and O–H groups in total. The lowest BCUT2D eigenvalue weighted by atomic mass is 10.0. The Labute approximate surface area is 130 Å². The first-order chi connectivity index (χ1) is 10.7. The molecule has 22 heavy (non-hydrogen) atoms. The number of nitrogens with zero attached hydrogens (tertiary/aromatic N) is 1. The second-order valence-electron chi connectivity index (χ2n) is 4.81. The van der Waals surface area contributed by atoms with Crippen molar-refractivity contribution < 1.29 is 9.53 Å². The smallest absolute Gasteiger partial charge is 0.266 e. The molecule has 0 bridgehead atoms. The van der Waals surface area contributed by atoms with Crippen LogP contribution in [0.3, 0.4) is 0 Å². The SMILES string of the molecule is CCOCC(=O)N/N=C(\C)c1ccc(-c2ccccc2)cc1. The normalized spacial score (nSPS) is 11.3. The number of hydrazone groups is 1. The molecule has 0 heterocycles. The van der Waals surface area contributed by atoms with Gasteiger partial charge in [0.15, 0.2) is 0 Å². The summed E-state index contributed by atoms with van der Waals surface area (Å²) in [7, 11) is 0. The van der Waals surface area contributed by atoms with E-state index in [2.05, 4.69) is 22.7 Å². The van der Waals surface area contributed by atoms with Crippen molar-refractivity contribution in [2.24, 2.45) is 5.10 Å². The predicted octanol–water partition coefficient (Wildman–Crippen LogP) is 3.23. The molecule has 0 aromatic heterocycles. The number of amides is 1. The van der Waals surface area contributed by atoms with Gasteiger partial charge in [-0.3, -0.25) is 4.79 Å². The summed E-state index contributed by atoms with van der Waals surface area (Å²) < 4.78 is 5.02. The zero-order valence-electron chi connectivity index (χ0n) is 12.9. The summed E-state index contributed by atoms with van der Waals surface area (Å²) in [4.78, 5) is 11.4. The highest BCUT2D eigenvalue weighted by molar-refractivity contribution is 5.99. The fraction of sp³-hybridized carbons (Fsp3) is 0.222. The Hall–Kier alpha value is -2.46. The van der Waals surface area contributed by atoms with Gasteiger partial charge < -0.3 is 4.74 Å². The van der Waals surface area contributed by atoms with Crippen LogP contribution in [-0.4, -0.2) is 24.8 Å². The van der Waals surface area contributed by atoms with Crippen molar-refractivity contribution in [3.63, 3.8) is 0 Å². The zero-order valence-corrected chi connectivity index (χ0v) is 12.9. The molecule has 0 aliphatic rings. The molecule has 0 radical (unpaired) electrons. The Morgan fingerprint density at radius 3 is 2.32 bits per heavy atom. The molecule has 2 aromatic carbocycles. The van der Waals surface area contributed by atoms with Crippen LogP contribution in [0.25, 0.3) is 11.1 Å². The first-order valence-corrected chi connectivity index (χ1v) is 7.27. The summed E-state index contributed by atoms with van der Waals surface area (Å²) in [6, 6.07) is 18.3. The summed E-state index contributed by atoms with van der Waals surface area (Å²) in [6.45, 7) is 4.24. The highest BCUT2D eigenvalue weighted by Gasteiger charge is 2.02. The van der Waals surface area contributed by atoms with Crippen LogP contribution < -0.4 is 5.43 Å². The van der Waals surface area contributed by atoms with Gasteiger partial charge in [0.25, 0.3) is 5.91 Å². The number of ether oxygens (including phenoxy) is 1. The van der Waals surface area contributed by atoms with Gasteiger partial charge in [0.2, 0.25) is 0 Å². The Morgan fingerprint density at radius 1 is 1.05 bits per heavy atom. The maximum atomic E-state index is 11.4. The van der Waals surface area contributed by atoms with Crippen molar-refractivity contribution in [2.45, 2.75) is 13.8 Å². The van der Waals surface area contributed by atoms with E-state index >= 15 is 0 Å². The number of rotatable bonds is 6. The maximum Gasteiger partial charge on any atom is 0.266 e. The summed E-state index contributed by atoms with van der Waals surface area (Å²) >= 11 is 0. The molecule has 0 saturated heterocycles. The molecule has 2 aromatic rings. The van der Waals surface area contributed by atoms with Crippen molar-refractivity contribution in [3.8, 4) is 11.1 Å². The quantitative estimate of drug-likeness (QED) is 0.657. The summed E-state index contributed by atoms with van der Waals surface area (Å²) in [6.07, 6.45) is 0. The van der Waals surface area contributed by atoms with Crippen LogP contribution in [0.1, 0.15) is 19.4 Å². The van der Waals surface area contributed by atoms with Crippen molar-refractivity contribution >= 4 is 11.6 Å². The molecule has 4 heteroatoms. The van der Waals surface area contributed by atoms with Crippen molar-refractivity contribution in [2.75, 3.05) is 13.2 Å². The van der Waals surface area contributed by atoms with E-state index in [1.54, 1.807) is 0 Å². The first-order valence-electron chi connectivity index (χ1n) is 7.27. The standard InChI is InChI=1S/C18H20N2O2/c1-3-22-13-18(21)20-19-14(2)15-9-11-17(12-10-15)16-7-5-4-6-8-16/h4-12H,3,13H2,1-2H3,(H,20,21)/b19-14+. The van der Waals surface area contributed by atoms with E-state index in [0.29, 0.717) is 6.61 Å². The molecule has 0 atom stereocenters. The molecular weight excluding hydrogens is 276 g/mol. The molecule has 0 aliphatic heterocycles. The van der Waals surface area contributed by atoms with Crippen LogP contribution in [0.4, 0.5) is 0 Å². The minimum Gasteiger partial charge on any atom is -0.372 e. The van der Waals surface area contributed by atoms with Crippen molar-refractivity contribution in [1.82, 2.24) is 5.43 Å². The average Bonchev–Trinajstić information content (AvgIpc) is 2.58. The van der Waals surface area contributed by atoms with Gasteiger partial charge in [0, 0.05) is 6.61 Å². The average molecular weight is 296 g/mol. The third-order valence-electron chi connectivity index (χ3n) is 3.20. The van der Waals surface area contributed by atoms with Gasteiger partial charge in [0.1, 0.15) is 6.61 Å². The second-order valence-corrected chi connectivity index (χ2v) is 4.81. The number of carbonyl (C=O) groups excluding carboxylic acids is 1. The van der Waals surface area contributed by atoms with Gasteiger partial charge in [-0.05, 0) is 30.5 Å². The lowest BCUT2D eigenvalue weighted by molar-refractivity contribution is -0.125. The van der Waals surface area contributed by atoms with Crippen LogP contribution in [-0.2, 0) is 9.53 Å². The fourth-order valence-corrected chi connectivity index (χ4v) is 1.97. The maximum absolute atomic E-state index is 11.4. The molecule has 0 unspecified atom stereocenters. The largest absolute Gasteiger partial charge is 0.372 e. The zero-order chi connectivity index (χ0) is 15.8. The number of carbonyl (C=O) groups is 1. The Balaban J connectivity index is 2.02. The topological polar surface area (TPSA) is 50.7 Å². The molecular formula is C18H20N2O2. The third-order valence-corrected chi connectivity index (χ3v) is 3.20. The van der Waals surface area contributed by atoms with Crippen molar-refractivity contribution in [1.29, 1.82) is 0 Å². The Bertz CT molecular complexity index is 634. The number of nitrogens with one attached hydrogen (secondary N) is 1. The van der Waals surface area contributed by atoms with Gasteiger partial charge in [-0.1, -0.05) is 54.6 Å². The lowest BCUT2D eigenvalue weighted by Gasteiger charge is -2.05. The van der Waals surface area contributed by atoms with Crippen LogP contribution in [0, 0.1) is 0 Å². The monoisotopic (exact) mass is 296 g/mol. The highest BCUT2D eigenvalue weighted by Crippen LogP contribution is 2.19. The van der Waals surface area contributed by atoms with E-state index in [1.807, 2.05) is 56.3 Å². The number of benzene rings is 2. The van der Waals surface area contributed by atoms with Gasteiger partial charge in [-0.25, -0.2) is 5.43 Å². The molecule has 2 rings (SSSR count). The van der Waals surface area contributed by atoms with E-state index in [4.69, 9.17) is 4.74 Å². The van der Waals surface area contributed by atoms with Crippen molar-refractivity contribution in [3.05, 3.63) is 60.2 Å². The molecule has 114 valence electrons. The summed E-state index contributed by atoms with van der Waals surface area (Å²) in [5.41, 5.74) is 6.53. The van der Waals surface area contributed by atoms with E-state index < -0.39 is 0 Å². The van der Waals surface area contributed by atoms with E-state index in [1.165, 1.54) is 5.56 Å². The minimum absolute atomic E-state index is 0.0280. The number of hydrogen-bond donors (Lipinski definition) is 1. The number of hydrogen-bond acceptors (Lipinski definition) is 3. The van der Waals surface area contributed by atoms with E-state index in [-0.39, 0.29) is 12.5 Å². The summed E-state index contributed by atoms with van der Waals surface area (Å²) in [5, 5.41) is 4.09. The van der Waals surface area contributed by atoms with Gasteiger partial charge in [0.05, 0.1) is 5.71 Å². The lowest BCUT2D eigenvalue weighted by Crippen LogP contribution is -2.24. The predicted molar refractivity (Wildman–Crippen MR) is 88.7 cm³/mol. The van der Waals surface area contributed by atoms with Crippen LogP contribution in [0.5, 0.6) is 0 Å². The van der Waals surface area contributed by atoms with E-state index in [0.717, 1.165) is 16.8 Å².